The lowest BCUT2D eigenvalue weighted by Gasteiger charge is -2.21. The standard InChI is InChI=1S/C12H16N4O2/c1-10-5-6-11(12(9-10)16(17)18)13-14-15-7-3-2-4-8-15/h5-6,9H,2-4,7-8H2,1H3. The molecule has 1 fully saturated rings. The summed E-state index contributed by atoms with van der Waals surface area (Å²) in [6.07, 6.45) is 3.43. The number of nitro groups is 1. The molecule has 1 heterocycles. The smallest absolute Gasteiger partial charge is 0.278 e. The van der Waals surface area contributed by atoms with Gasteiger partial charge in [-0.15, -0.1) is 5.11 Å². The average molecular weight is 248 g/mol. The molecule has 1 aliphatic rings. The molecular formula is C12H16N4O2. The molecule has 0 aliphatic carbocycles. The van der Waals surface area contributed by atoms with E-state index in [0.29, 0.717) is 5.69 Å². The summed E-state index contributed by atoms with van der Waals surface area (Å²) in [5.74, 6) is 0. The minimum Gasteiger partial charge on any atom is -0.278 e. The zero-order valence-electron chi connectivity index (χ0n) is 10.4. The number of hydrogen-bond acceptors (Lipinski definition) is 4. The van der Waals surface area contributed by atoms with Gasteiger partial charge >= 0.3 is 0 Å². The Morgan fingerprint density at radius 2 is 2.00 bits per heavy atom. The molecule has 18 heavy (non-hydrogen) atoms. The van der Waals surface area contributed by atoms with Crippen molar-refractivity contribution in [3.8, 4) is 0 Å². The first-order chi connectivity index (χ1) is 8.66. The Labute approximate surface area is 105 Å². The highest BCUT2D eigenvalue weighted by molar-refractivity contribution is 5.57. The maximum atomic E-state index is 10.9. The highest BCUT2D eigenvalue weighted by atomic mass is 16.6. The summed E-state index contributed by atoms with van der Waals surface area (Å²) in [4.78, 5) is 10.5. The Morgan fingerprint density at radius 3 is 2.67 bits per heavy atom. The first-order valence-corrected chi connectivity index (χ1v) is 6.08. The number of nitro benzene ring substituents is 1. The summed E-state index contributed by atoms with van der Waals surface area (Å²) in [7, 11) is 0. The van der Waals surface area contributed by atoms with E-state index in [4.69, 9.17) is 0 Å². The third-order valence-electron chi connectivity index (χ3n) is 2.94. The number of piperidine rings is 1. The van der Waals surface area contributed by atoms with Gasteiger partial charge in [0, 0.05) is 19.2 Å². The quantitative estimate of drug-likeness (QED) is 0.467. The van der Waals surface area contributed by atoms with Gasteiger partial charge in [-0.2, -0.15) is 0 Å². The minimum atomic E-state index is -0.419. The van der Waals surface area contributed by atoms with E-state index in [1.54, 1.807) is 12.1 Å². The predicted molar refractivity (Wildman–Crippen MR) is 67.8 cm³/mol. The van der Waals surface area contributed by atoms with Crippen molar-refractivity contribution in [3.05, 3.63) is 33.9 Å². The first-order valence-electron chi connectivity index (χ1n) is 6.08. The first kappa shape index (κ1) is 12.5. The fourth-order valence-corrected chi connectivity index (χ4v) is 1.94. The summed E-state index contributed by atoms with van der Waals surface area (Å²) in [5, 5.41) is 20.9. The van der Waals surface area contributed by atoms with Crippen LogP contribution >= 0.6 is 0 Å². The second kappa shape index (κ2) is 5.57. The summed E-state index contributed by atoms with van der Waals surface area (Å²) >= 11 is 0. The van der Waals surface area contributed by atoms with Crippen LogP contribution in [0.2, 0.25) is 0 Å². The molecule has 96 valence electrons. The molecule has 1 saturated heterocycles. The van der Waals surface area contributed by atoms with Gasteiger partial charge in [0.25, 0.3) is 5.69 Å². The van der Waals surface area contributed by atoms with Crippen molar-refractivity contribution in [2.45, 2.75) is 26.2 Å². The fraction of sp³-hybridized carbons (Fsp3) is 0.500. The summed E-state index contributed by atoms with van der Waals surface area (Å²) < 4.78 is 0. The van der Waals surface area contributed by atoms with Crippen molar-refractivity contribution in [2.24, 2.45) is 10.3 Å². The molecule has 1 aliphatic heterocycles. The lowest BCUT2D eigenvalue weighted by atomic mass is 10.2. The minimum absolute atomic E-state index is 0.00996. The normalized spacial score (nSPS) is 16.2. The van der Waals surface area contributed by atoms with Crippen LogP contribution < -0.4 is 0 Å². The Balaban J connectivity index is 2.17. The van der Waals surface area contributed by atoms with Gasteiger partial charge < -0.3 is 0 Å². The van der Waals surface area contributed by atoms with Crippen LogP contribution in [-0.4, -0.2) is 23.0 Å². The van der Waals surface area contributed by atoms with Gasteiger partial charge in [-0.05, 0) is 37.8 Å². The maximum absolute atomic E-state index is 10.9. The summed E-state index contributed by atoms with van der Waals surface area (Å²) in [5.41, 5.74) is 1.17. The largest absolute Gasteiger partial charge is 0.297 e. The van der Waals surface area contributed by atoms with E-state index in [9.17, 15) is 10.1 Å². The Morgan fingerprint density at radius 1 is 1.28 bits per heavy atom. The second-order valence-electron chi connectivity index (χ2n) is 4.45. The Hall–Kier alpha value is -1.98. The molecule has 0 saturated carbocycles. The number of rotatable bonds is 3. The molecule has 0 unspecified atom stereocenters. The zero-order valence-corrected chi connectivity index (χ0v) is 10.4. The number of benzene rings is 1. The Bertz CT molecular complexity index is 467. The van der Waals surface area contributed by atoms with E-state index in [-0.39, 0.29) is 5.69 Å². The van der Waals surface area contributed by atoms with E-state index in [2.05, 4.69) is 10.3 Å². The van der Waals surface area contributed by atoms with Crippen LogP contribution in [0, 0.1) is 17.0 Å². The third-order valence-corrected chi connectivity index (χ3v) is 2.94. The van der Waals surface area contributed by atoms with Gasteiger partial charge in [-0.1, -0.05) is 11.3 Å². The predicted octanol–water partition coefficient (Wildman–Crippen LogP) is 3.39. The topological polar surface area (TPSA) is 71.1 Å². The highest BCUT2D eigenvalue weighted by Gasteiger charge is 2.14. The summed E-state index contributed by atoms with van der Waals surface area (Å²) in [6.45, 7) is 3.57. The molecule has 6 nitrogen and oxygen atoms in total. The molecule has 1 aromatic carbocycles. The van der Waals surface area contributed by atoms with Crippen LogP contribution in [0.25, 0.3) is 0 Å². The van der Waals surface area contributed by atoms with Crippen LogP contribution in [0.1, 0.15) is 24.8 Å². The lowest BCUT2D eigenvalue weighted by Crippen LogP contribution is -2.23. The van der Waals surface area contributed by atoms with E-state index in [1.807, 2.05) is 11.9 Å². The van der Waals surface area contributed by atoms with Crippen LogP contribution in [0.4, 0.5) is 11.4 Å². The van der Waals surface area contributed by atoms with Crippen molar-refractivity contribution in [3.63, 3.8) is 0 Å². The van der Waals surface area contributed by atoms with Crippen molar-refractivity contribution in [1.82, 2.24) is 5.01 Å². The molecule has 0 atom stereocenters. The Kier molecular flexibility index (Phi) is 3.86. The van der Waals surface area contributed by atoms with Gasteiger partial charge in [-0.3, -0.25) is 15.1 Å². The van der Waals surface area contributed by atoms with Gasteiger partial charge in [-0.25, -0.2) is 0 Å². The number of aryl methyl sites for hydroxylation is 1. The maximum Gasteiger partial charge on any atom is 0.297 e. The number of hydrogen-bond donors (Lipinski definition) is 0. The van der Waals surface area contributed by atoms with Gasteiger partial charge in [0.15, 0.2) is 5.69 Å². The van der Waals surface area contributed by atoms with Crippen molar-refractivity contribution >= 4 is 11.4 Å². The highest BCUT2D eigenvalue weighted by Crippen LogP contribution is 2.28. The van der Waals surface area contributed by atoms with Crippen LogP contribution in [0.15, 0.2) is 28.5 Å². The van der Waals surface area contributed by atoms with Crippen molar-refractivity contribution < 1.29 is 4.92 Å². The molecular weight excluding hydrogens is 232 g/mol. The van der Waals surface area contributed by atoms with Crippen LogP contribution in [0.5, 0.6) is 0 Å². The molecule has 0 radical (unpaired) electrons. The summed E-state index contributed by atoms with van der Waals surface area (Å²) in [6, 6.07) is 4.96. The monoisotopic (exact) mass is 248 g/mol. The van der Waals surface area contributed by atoms with E-state index in [1.165, 1.54) is 12.5 Å². The lowest BCUT2D eigenvalue weighted by molar-refractivity contribution is -0.384. The molecule has 0 aromatic heterocycles. The molecule has 6 heteroatoms. The van der Waals surface area contributed by atoms with E-state index in [0.717, 1.165) is 31.5 Å². The molecule has 1 aromatic rings. The van der Waals surface area contributed by atoms with E-state index >= 15 is 0 Å². The fourth-order valence-electron chi connectivity index (χ4n) is 1.94. The van der Waals surface area contributed by atoms with Gasteiger partial charge in [0.05, 0.1) is 4.92 Å². The molecule has 2 rings (SSSR count). The van der Waals surface area contributed by atoms with E-state index < -0.39 is 4.92 Å². The molecule has 0 bridgehead atoms. The van der Waals surface area contributed by atoms with Crippen LogP contribution in [0.3, 0.4) is 0 Å². The third kappa shape index (κ3) is 3.03. The molecule has 0 amide bonds. The molecule has 0 spiro atoms. The second-order valence-corrected chi connectivity index (χ2v) is 4.45. The number of nitrogens with zero attached hydrogens (tertiary/aromatic N) is 4. The van der Waals surface area contributed by atoms with Gasteiger partial charge in [0.2, 0.25) is 0 Å². The average Bonchev–Trinajstić information content (AvgIpc) is 2.38. The zero-order chi connectivity index (χ0) is 13.0. The molecule has 0 N–H and O–H groups in total. The van der Waals surface area contributed by atoms with Crippen molar-refractivity contribution in [1.29, 1.82) is 0 Å². The van der Waals surface area contributed by atoms with Crippen molar-refractivity contribution in [2.75, 3.05) is 13.1 Å². The SMILES string of the molecule is Cc1ccc(N=NN2CCCCC2)c([N+](=O)[O-])c1. The van der Waals surface area contributed by atoms with Gasteiger partial charge in [0.1, 0.15) is 0 Å². The van der Waals surface area contributed by atoms with Crippen LogP contribution in [-0.2, 0) is 0 Å².